The minimum atomic E-state index is -0.0641. The molecule has 7 heteroatoms. The maximum atomic E-state index is 11.9. The molecule has 23 heavy (non-hydrogen) atoms. The van der Waals surface area contributed by atoms with Crippen molar-refractivity contribution in [2.75, 3.05) is 6.61 Å². The fourth-order valence-electron chi connectivity index (χ4n) is 2.55. The van der Waals surface area contributed by atoms with Crippen molar-refractivity contribution >= 4 is 5.91 Å². The lowest BCUT2D eigenvalue weighted by Crippen LogP contribution is -2.27. The summed E-state index contributed by atoms with van der Waals surface area (Å²) in [6, 6.07) is 0. The molecule has 0 radical (unpaired) electrons. The number of aryl methyl sites for hydroxylation is 1. The zero-order valence-corrected chi connectivity index (χ0v) is 13.2. The zero-order valence-electron chi connectivity index (χ0n) is 13.2. The number of imidazole rings is 1. The number of amides is 1. The molecule has 1 saturated heterocycles. The van der Waals surface area contributed by atoms with Crippen molar-refractivity contribution in [2.45, 2.75) is 45.4 Å². The second kappa shape index (κ2) is 7.32. The van der Waals surface area contributed by atoms with E-state index in [1.165, 1.54) is 0 Å². The largest absolute Gasteiger partial charge is 0.370 e. The molecular formula is C16H21N5O2. The van der Waals surface area contributed by atoms with Gasteiger partial charge >= 0.3 is 0 Å². The number of carbonyl (C=O) groups is 1. The van der Waals surface area contributed by atoms with E-state index in [1.807, 2.05) is 6.92 Å². The lowest BCUT2D eigenvalue weighted by molar-refractivity contribution is -0.121. The van der Waals surface area contributed by atoms with Crippen LogP contribution in [0.5, 0.6) is 0 Å². The minimum absolute atomic E-state index is 0.0107. The first kappa shape index (κ1) is 15.6. The van der Waals surface area contributed by atoms with Crippen LogP contribution in [0, 0.1) is 6.92 Å². The normalized spacial score (nSPS) is 17.9. The monoisotopic (exact) mass is 315 g/mol. The SMILES string of the molecule is Cc1nccn1CC(=O)NCc1cnc([C@H]2CCCCO2)nc1. The smallest absolute Gasteiger partial charge is 0.240 e. The van der Waals surface area contributed by atoms with Gasteiger partial charge < -0.3 is 14.6 Å². The summed E-state index contributed by atoms with van der Waals surface area (Å²) < 4.78 is 7.47. The fourth-order valence-corrected chi connectivity index (χ4v) is 2.55. The second-order valence-corrected chi connectivity index (χ2v) is 5.68. The molecule has 122 valence electrons. The van der Waals surface area contributed by atoms with Crippen LogP contribution >= 0.6 is 0 Å². The molecule has 3 rings (SSSR count). The van der Waals surface area contributed by atoms with Crippen molar-refractivity contribution in [3.8, 4) is 0 Å². The lowest BCUT2D eigenvalue weighted by Gasteiger charge is -2.21. The van der Waals surface area contributed by atoms with Crippen molar-refractivity contribution in [1.29, 1.82) is 0 Å². The van der Waals surface area contributed by atoms with Gasteiger partial charge in [0.1, 0.15) is 18.5 Å². The van der Waals surface area contributed by atoms with E-state index in [4.69, 9.17) is 4.74 Å². The molecule has 1 aliphatic rings. The summed E-state index contributed by atoms with van der Waals surface area (Å²) in [4.78, 5) is 24.8. The maximum Gasteiger partial charge on any atom is 0.240 e. The standard InChI is InChI=1S/C16H21N5O2/c1-12-17-5-6-21(12)11-15(22)18-8-13-9-19-16(20-10-13)14-4-2-3-7-23-14/h5-6,9-10,14H,2-4,7-8,11H2,1H3,(H,18,22)/t14-/m1/s1. The number of aromatic nitrogens is 4. The number of ether oxygens (including phenoxy) is 1. The van der Waals surface area contributed by atoms with Crippen molar-refractivity contribution in [3.05, 3.63) is 42.0 Å². The van der Waals surface area contributed by atoms with Gasteiger partial charge in [-0.2, -0.15) is 0 Å². The van der Waals surface area contributed by atoms with Crippen LogP contribution in [0.2, 0.25) is 0 Å². The quantitative estimate of drug-likeness (QED) is 0.905. The van der Waals surface area contributed by atoms with Gasteiger partial charge in [0.2, 0.25) is 5.91 Å². The first-order valence-corrected chi connectivity index (χ1v) is 7.89. The maximum absolute atomic E-state index is 11.9. The van der Waals surface area contributed by atoms with E-state index in [9.17, 15) is 4.79 Å². The lowest BCUT2D eigenvalue weighted by atomic mass is 10.1. The molecule has 0 saturated carbocycles. The molecule has 0 unspecified atom stereocenters. The molecule has 0 aliphatic carbocycles. The van der Waals surface area contributed by atoms with E-state index in [0.717, 1.165) is 43.1 Å². The van der Waals surface area contributed by atoms with Crippen molar-refractivity contribution in [2.24, 2.45) is 0 Å². The predicted octanol–water partition coefficient (Wildman–Crippen LogP) is 1.54. The van der Waals surface area contributed by atoms with Crippen LogP contribution in [0.4, 0.5) is 0 Å². The molecule has 1 N–H and O–H groups in total. The molecular weight excluding hydrogens is 294 g/mol. The average molecular weight is 315 g/mol. The van der Waals surface area contributed by atoms with Crippen LogP contribution in [-0.4, -0.2) is 32.0 Å². The third-order valence-corrected chi connectivity index (χ3v) is 3.92. The number of nitrogens with one attached hydrogen (secondary N) is 1. The summed E-state index contributed by atoms with van der Waals surface area (Å²) in [5.41, 5.74) is 0.875. The summed E-state index contributed by atoms with van der Waals surface area (Å²) in [6.45, 7) is 3.33. The van der Waals surface area contributed by atoms with Crippen LogP contribution in [-0.2, 0) is 22.6 Å². The van der Waals surface area contributed by atoms with Gasteiger partial charge in [0, 0.05) is 43.5 Å². The Kier molecular flexibility index (Phi) is 4.97. The Labute approximate surface area is 135 Å². The molecule has 0 spiro atoms. The highest BCUT2D eigenvalue weighted by Gasteiger charge is 2.18. The number of nitrogens with zero attached hydrogens (tertiary/aromatic N) is 4. The highest BCUT2D eigenvalue weighted by molar-refractivity contribution is 5.75. The molecule has 3 heterocycles. The van der Waals surface area contributed by atoms with Crippen molar-refractivity contribution < 1.29 is 9.53 Å². The van der Waals surface area contributed by atoms with Gasteiger partial charge in [0.25, 0.3) is 0 Å². The average Bonchev–Trinajstić information content (AvgIpc) is 2.99. The Bertz CT molecular complexity index is 647. The molecule has 7 nitrogen and oxygen atoms in total. The summed E-state index contributed by atoms with van der Waals surface area (Å²) in [7, 11) is 0. The molecule has 0 aromatic carbocycles. The fraction of sp³-hybridized carbons (Fsp3) is 0.500. The third-order valence-electron chi connectivity index (χ3n) is 3.92. The first-order valence-electron chi connectivity index (χ1n) is 7.89. The van der Waals surface area contributed by atoms with Gasteiger partial charge in [-0.15, -0.1) is 0 Å². The summed E-state index contributed by atoms with van der Waals surface area (Å²) in [6.07, 6.45) is 10.2. The van der Waals surface area contributed by atoms with E-state index in [2.05, 4.69) is 20.3 Å². The Balaban J connectivity index is 1.50. The third kappa shape index (κ3) is 4.13. The number of rotatable bonds is 5. The number of hydrogen-bond donors (Lipinski definition) is 1. The van der Waals surface area contributed by atoms with E-state index < -0.39 is 0 Å². The number of carbonyl (C=O) groups excluding carboxylic acids is 1. The second-order valence-electron chi connectivity index (χ2n) is 5.68. The van der Waals surface area contributed by atoms with Crippen LogP contribution in [0.25, 0.3) is 0 Å². The highest BCUT2D eigenvalue weighted by atomic mass is 16.5. The molecule has 1 aliphatic heterocycles. The number of hydrogen-bond acceptors (Lipinski definition) is 5. The van der Waals surface area contributed by atoms with Crippen LogP contribution < -0.4 is 5.32 Å². The highest BCUT2D eigenvalue weighted by Crippen LogP contribution is 2.24. The van der Waals surface area contributed by atoms with E-state index >= 15 is 0 Å². The van der Waals surface area contributed by atoms with Gasteiger partial charge in [0.05, 0.1) is 0 Å². The minimum Gasteiger partial charge on any atom is -0.370 e. The molecule has 1 fully saturated rings. The topological polar surface area (TPSA) is 81.9 Å². The molecule has 1 atom stereocenters. The van der Waals surface area contributed by atoms with Gasteiger partial charge in [-0.1, -0.05) is 0 Å². The van der Waals surface area contributed by atoms with E-state index in [0.29, 0.717) is 6.54 Å². The summed E-state index contributed by atoms with van der Waals surface area (Å²) in [5.74, 6) is 1.49. The van der Waals surface area contributed by atoms with Crippen LogP contribution in [0.1, 0.15) is 42.6 Å². The Morgan fingerprint density at radius 1 is 1.35 bits per heavy atom. The van der Waals surface area contributed by atoms with Crippen molar-refractivity contribution in [3.63, 3.8) is 0 Å². The molecule has 0 bridgehead atoms. The molecule has 2 aromatic heterocycles. The summed E-state index contributed by atoms with van der Waals surface area (Å²) >= 11 is 0. The van der Waals surface area contributed by atoms with Crippen LogP contribution in [0.15, 0.2) is 24.8 Å². The van der Waals surface area contributed by atoms with Gasteiger partial charge in [0.15, 0.2) is 5.82 Å². The molecule has 1 amide bonds. The Morgan fingerprint density at radius 2 is 2.17 bits per heavy atom. The molecule has 2 aromatic rings. The van der Waals surface area contributed by atoms with Gasteiger partial charge in [-0.3, -0.25) is 4.79 Å². The van der Waals surface area contributed by atoms with Gasteiger partial charge in [-0.25, -0.2) is 15.0 Å². The Hall–Kier alpha value is -2.28. The zero-order chi connectivity index (χ0) is 16.1. The van der Waals surface area contributed by atoms with Crippen molar-refractivity contribution in [1.82, 2.24) is 24.8 Å². The first-order chi connectivity index (χ1) is 11.2. The predicted molar refractivity (Wildman–Crippen MR) is 83.4 cm³/mol. The van der Waals surface area contributed by atoms with E-state index in [-0.39, 0.29) is 18.6 Å². The summed E-state index contributed by atoms with van der Waals surface area (Å²) in [5, 5.41) is 2.86. The Morgan fingerprint density at radius 3 is 2.83 bits per heavy atom. The van der Waals surface area contributed by atoms with Crippen LogP contribution in [0.3, 0.4) is 0 Å². The van der Waals surface area contributed by atoms with Gasteiger partial charge in [-0.05, 0) is 26.2 Å². The van der Waals surface area contributed by atoms with E-state index in [1.54, 1.807) is 29.4 Å².